The maximum absolute atomic E-state index is 14.2. The van der Waals surface area contributed by atoms with Crippen LogP contribution < -0.4 is 4.74 Å². The lowest BCUT2D eigenvalue weighted by Crippen LogP contribution is -2.48. The standard InChI is InChI=1S/C27H24F5N5O2.C2H2/c1-16-23(18-3-5-21(39-2)6-4-18)34-25-22(14-33-37(25)24(16)27(30,31)32)26(38)36-9-7-35(8-10-36)15-17-11-19(28)13-20(29)12-17;1-2/h3-6,11-14H,7-10,15H2,1-2H3;1-2H. The lowest BCUT2D eigenvalue weighted by atomic mass is 10.0. The van der Waals surface area contributed by atoms with E-state index in [1.807, 2.05) is 4.90 Å². The average molecular weight is 572 g/mol. The topological polar surface area (TPSA) is 63.0 Å². The molecule has 0 saturated carbocycles. The Morgan fingerprint density at radius 1 is 1.00 bits per heavy atom. The van der Waals surface area contributed by atoms with Crippen molar-refractivity contribution in [2.45, 2.75) is 19.6 Å². The van der Waals surface area contributed by atoms with Crippen LogP contribution in [0.2, 0.25) is 0 Å². The van der Waals surface area contributed by atoms with E-state index in [4.69, 9.17) is 4.74 Å². The van der Waals surface area contributed by atoms with Gasteiger partial charge in [0.2, 0.25) is 0 Å². The fourth-order valence-corrected chi connectivity index (χ4v) is 4.83. The molecule has 0 radical (unpaired) electrons. The van der Waals surface area contributed by atoms with Crippen molar-refractivity contribution < 1.29 is 31.5 Å². The largest absolute Gasteiger partial charge is 0.497 e. The third-order valence-electron chi connectivity index (χ3n) is 6.73. The summed E-state index contributed by atoms with van der Waals surface area (Å²) in [6.45, 7) is 3.01. The molecule has 1 aliphatic heterocycles. The average Bonchev–Trinajstić information content (AvgIpc) is 3.35. The van der Waals surface area contributed by atoms with Crippen molar-refractivity contribution in [3.63, 3.8) is 0 Å². The molecule has 0 spiro atoms. The molecular weight excluding hydrogens is 545 g/mol. The molecule has 2 aromatic heterocycles. The second-order valence-electron chi connectivity index (χ2n) is 9.30. The number of piperazine rings is 1. The summed E-state index contributed by atoms with van der Waals surface area (Å²) in [6.07, 6.45) is 4.36. The summed E-state index contributed by atoms with van der Waals surface area (Å²) in [5.41, 5.74) is -0.380. The molecule has 0 bridgehead atoms. The third-order valence-corrected chi connectivity index (χ3v) is 6.73. The number of nitrogens with zero attached hydrogens (tertiary/aromatic N) is 5. The summed E-state index contributed by atoms with van der Waals surface area (Å²) in [7, 11) is 1.48. The van der Waals surface area contributed by atoms with Crippen LogP contribution in [0.4, 0.5) is 22.0 Å². The van der Waals surface area contributed by atoms with E-state index in [9.17, 15) is 26.7 Å². The highest BCUT2D eigenvalue weighted by molar-refractivity contribution is 6.00. The second-order valence-corrected chi connectivity index (χ2v) is 9.30. The highest BCUT2D eigenvalue weighted by Gasteiger charge is 2.39. The number of aromatic nitrogens is 3. The van der Waals surface area contributed by atoms with Crippen LogP contribution in [0.1, 0.15) is 27.2 Å². The van der Waals surface area contributed by atoms with Crippen LogP contribution >= 0.6 is 0 Å². The minimum absolute atomic E-state index is 0.0455. The van der Waals surface area contributed by atoms with Gasteiger partial charge in [0, 0.05) is 49.9 Å². The molecule has 41 heavy (non-hydrogen) atoms. The highest BCUT2D eigenvalue weighted by atomic mass is 19.4. The first kappa shape index (κ1) is 29.5. The van der Waals surface area contributed by atoms with E-state index in [0.717, 1.165) is 12.3 Å². The van der Waals surface area contributed by atoms with Crippen molar-refractivity contribution >= 4 is 11.6 Å². The van der Waals surface area contributed by atoms with Crippen LogP contribution in [0.3, 0.4) is 0 Å². The summed E-state index contributed by atoms with van der Waals surface area (Å²) in [5, 5.41) is 3.90. The number of hydrogen-bond acceptors (Lipinski definition) is 5. The van der Waals surface area contributed by atoms with Gasteiger partial charge >= 0.3 is 6.18 Å². The molecular formula is C29H26F5N5O2. The van der Waals surface area contributed by atoms with Crippen LogP contribution in [-0.4, -0.2) is 63.6 Å². The number of amides is 1. The van der Waals surface area contributed by atoms with Gasteiger partial charge in [-0.2, -0.15) is 18.3 Å². The lowest BCUT2D eigenvalue weighted by Gasteiger charge is -2.34. The molecule has 0 atom stereocenters. The molecule has 0 aliphatic carbocycles. The Hall–Kier alpha value is -4.50. The van der Waals surface area contributed by atoms with Gasteiger partial charge in [0.05, 0.1) is 19.0 Å². The number of carbonyl (C=O) groups excluding carboxylic acids is 1. The Kier molecular flexibility index (Phi) is 8.58. The van der Waals surface area contributed by atoms with Gasteiger partial charge in [0.25, 0.3) is 5.91 Å². The number of ether oxygens (including phenoxy) is 1. The molecule has 1 aliphatic rings. The van der Waals surface area contributed by atoms with Gasteiger partial charge in [-0.25, -0.2) is 18.3 Å². The number of alkyl halides is 3. The lowest BCUT2D eigenvalue weighted by molar-refractivity contribution is -0.143. The number of methoxy groups -OCH3 is 1. The summed E-state index contributed by atoms with van der Waals surface area (Å²) >= 11 is 0. The summed E-state index contributed by atoms with van der Waals surface area (Å²) < 4.78 is 75.4. The minimum atomic E-state index is -4.75. The van der Waals surface area contributed by atoms with Gasteiger partial charge in [-0.3, -0.25) is 9.69 Å². The zero-order valence-electron chi connectivity index (χ0n) is 22.3. The summed E-state index contributed by atoms with van der Waals surface area (Å²) in [4.78, 5) is 21.4. The second kappa shape index (κ2) is 11.9. The Labute approximate surface area is 233 Å². The van der Waals surface area contributed by atoms with Gasteiger partial charge in [-0.1, -0.05) is 0 Å². The third kappa shape index (κ3) is 6.15. The number of hydrogen-bond donors (Lipinski definition) is 0. The van der Waals surface area contributed by atoms with E-state index in [1.165, 1.54) is 31.1 Å². The molecule has 4 aromatic rings. The smallest absolute Gasteiger partial charge is 0.433 e. The van der Waals surface area contributed by atoms with Crippen molar-refractivity contribution in [2.75, 3.05) is 33.3 Å². The van der Waals surface area contributed by atoms with E-state index in [1.54, 1.807) is 24.3 Å². The van der Waals surface area contributed by atoms with Gasteiger partial charge in [0.15, 0.2) is 11.3 Å². The molecule has 12 heteroatoms. The summed E-state index contributed by atoms with van der Waals surface area (Å²) in [5.74, 6) is -1.29. The number of carbonyl (C=O) groups is 1. The van der Waals surface area contributed by atoms with E-state index in [2.05, 4.69) is 22.9 Å². The Morgan fingerprint density at radius 3 is 2.17 bits per heavy atom. The first-order valence-electron chi connectivity index (χ1n) is 12.4. The Balaban J connectivity index is 0.00000189. The van der Waals surface area contributed by atoms with Crippen molar-refractivity contribution in [2.24, 2.45) is 0 Å². The molecule has 3 heterocycles. The van der Waals surface area contributed by atoms with E-state index in [-0.39, 0.29) is 35.6 Å². The SMILES string of the molecule is C#C.COc1ccc(-c2nc3c(C(=O)N4CCN(Cc5cc(F)cc(F)c5)CC4)cnn3c(C(F)(F)F)c2C)cc1. The predicted octanol–water partition coefficient (Wildman–Crippen LogP) is 5.22. The van der Waals surface area contributed by atoms with Crippen LogP contribution in [0, 0.1) is 31.4 Å². The van der Waals surface area contributed by atoms with Crippen molar-refractivity contribution in [3.8, 4) is 29.9 Å². The van der Waals surface area contributed by atoms with E-state index in [0.29, 0.717) is 41.0 Å². The van der Waals surface area contributed by atoms with Gasteiger partial charge in [-0.05, 0) is 48.9 Å². The first-order valence-corrected chi connectivity index (χ1v) is 12.4. The van der Waals surface area contributed by atoms with Crippen LogP contribution in [0.5, 0.6) is 5.75 Å². The molecule has 1 saturated heterocycles. The monoisotopic (exact) mass is 571 g/mol. The Morgan fingerprint density at radius 2 is 1.61 bits per heavy atom. The fraction of sp³-hybridized carbons (Fsp3) is 0.276. The van der Waals surface area contributed by atoms with E-state index >= 15 is 0 Å². The predicted molar refractivity (Wildman–Crippen MR) is 142 cm³/mol. The zero-order chi connectivity index (χ0) is 29.9. The minimum Gasteiger partial charge on any atom is -0.497 e. The Bertz CT molecular complexity index is 1550. The van der Waals surface area contributed by atoms with Gasteiger partial charge < -0.3 is 9.64 Å². The maximum atomic E-state index is 14.2. The normalized spacial score (nSPS) is 14.0. The number of fused-ring (bicyclic) bond motifs is 1. The van der Waals surface area contributed by atoms with Gasteiger partial charge in [-0.15, -0.1) is 12.8 Å². The van der Waals surface area contributed by atoms with Crippen molar-refractivity contribution in [1.82, 2.24) is 24.4 Å². The highest BCUT2D eigenvalue weighted by Crippen LogP contribution is 2.37. The first-order chi connectivity index (χ1) is 19.5. The van der Waals surface area contributed by atoms with Crippen molar-refractivity contribution in [1.29, 1.82) is 0 Å². The van der Waals surface area contributed by atoms with Crippen LogP contribution in [-0.2, 0) is 12.7 Å². The quantitative estimate of drug-likeness (QED) is 0.243. The number of benzene rings is 2. The molecule has 7 nitrogen and oxygen atoms in total. The molecule has 2 aromatic carbocycles. The molecule has 0 unspecified atom stereocenters. The molecule has 1 amide bonds. The number of terminal acetylenes is 1. The fourth-order valence-electron chi connectivity index (χ4n) is 4.83. The summed E-state index contributed by atoms with van der Waals surface area (Å²) in [6, 6.07) is 9.76. The van der Waals surface area contributed by atoms with Crippen LogP contribution in [0.15, 0.2) is 48.7 Å². The molecule has 0 N–H and O–H groups in total. The van der Waals surface area contributed by atoms with Gasteiger partial charge in [0.1, 0.15) is 22.9 Å². The zero-order valence-corrected chi connectivity index (χ0v) is 22.3. The van der Waals surface area contributed by atoms with Crippen LogP contribution in [0.25, 0.3) is 16.9 Å². The number of rotatable bonds is 5. The molecule has 5 rings (SSSR count). The number of halogens is 5. The maximum Gasteiger partial charge on any atom is 0.433 e. The molecule has 214 valence electrons. The molecule has 1 fully saturated rings. The van der Waals surface area contributed by atoms with Crippen molar-refractivity contribution in [3.05, 3.63) is 82.7 Å². The van der Waals surface area contributed by atoms with E-state index < -0.39 is 29.4 Å².